The number of aryl methyl sites for hydroxylation is 1. The third kappa shape index (κ3) is 2.96. The SMILES string of the molecule is C[C@H]1C[C@@H]1C(=O)N1CC[C@@]2(COCc3cnc(NCc4cncn4C)nc32)C1. The van der Waals surface area contributed by atoms with E-state index in [-0.39, 0.29) is 11.3 Å². The van der Waals surface area contributed by atoms with Crippen LogP contribution < -0.4 is 5.32 Å². The van der Waals surface area contributed by atoms with Gasteiger partial charge in [0.2, 0.25) is 11.9 Å². The third-order valence-corrected chi connectivity index (χ3v) is 6.44. The van der Waals surface area contributed by atoms with Gasteiger partial charge in [-0.3, -0.25) is 4.79 Å². The minimum atomic E-state index is -0.215. The van der Waals surface area contributed by atoms with Crippen LogP contribution in [0.25, 0.3) is 0 Å². The molecule has 3 atom stereocenters. The van der Waals surface area contributed by atoms with E-state index in [0.717, 1.165) is 36.3 Å². The van der Waals surface area contributed by atoms with Gasteiger partial charge >= 0.3 is 0 Å². The molecule has 148 valence electrons. The van der Waals surface area contributed by atoms with Gasteiger partial charge in [0.1, 0.15) is 0 Å². The maximum Gasteiger partial charge on any atom is 0.225 e. The van der Waals surface area contributed by atoms with Crippen molar-refractivity contribution in [2.24, 2.45) is 18.9 Å². The molecule has 8 heteroatoms. The first-order valence-electron chi connectivity index (χ1n) is 9.98. The van der Waals surface area contributed by atoms with Gasteiger partial charge < -0.3 is 19.5 Å². The number of likely N-dealkylation sites (tertiary alicyclic amines) is 1. The molecule has 0 aromatic carbocycles. The van der Waals surface area contributed by atoms with Crippen LogP contribution in [0.3, 0.4) is 0 Å². The van der Waals surface area contributed by atoms with Crippen molar-refractivity contribution in [2.75, 3.05) is 25.0 Å². The van der Waals surface area contributed by atoms with Crippen molar-refractivity contribution in [2.45, 2.75) is 38.3 Å². The van der Waals surface area contributed by atoms with E-state index in [2.05, 4.69) is 22.2 Å². The van der Waals surface area contributed by atoms with Crippen LogP contribution >= 0.6 is 0 Å². The van der Waals surface area contributed by atoms with E-state index in [1.807, 2.05) is 28.9 Å². The average molecular weight is 382 g/mol. The van der Waals surface area contributed by atoms with Crippen molar-refractivity contribution in [3.63, 3.8) is 0 Å². The Morgan fingerprint density at radius 3 is 3.04 bits per heavy atom. The standard InChI is InChI=1S/C20H26N6O2/c1-13-5-16(13)18(27)26-4-3-20(10-26)11-28-9-14-6-22-19(24-17(14)20)23-8-15-7-21-12-25(15)2/h6-7,12-13,16H,3-5,8-11H2,1-2H3,(H,22,23,24)/t13-,16-,20-/m0/s1. The van der Waals surface area contributed by atoms with E-state index in [4.69, 9.17) is 9.72 Å². The van der Waals surface area contributed by atoms with Crippen LogP contribution in [0, 0.1) is 11.8 Å². The maximum absolute atomic E-state index is 12.7. The van der Waals surface area contributed by atoms with Gasteiger partial charge in [-0.05, 0) is 18.8 Å². The topological polar surface area (TPSA) is 85.2 Å². The number of nitrogens with zero attached hydrogens (tertiary/aromatic N) is 5. The molecule has 28 heavy (non-hydrogen) atoms. The molecule has 1 aliphatic carbocycles. The summed E-state index contributed by atoms with van der Waals surface area (Å²) < 4.78 is 7.86. The highest BCUT2D eigenvalue weighted by molar-refractivity contribution is 5.82. The highest BCUT2D eigenvalue weighted by Crippen LogP contribution is 2.44. The number of hydrogen-bond donors (Lipinski definition) is 1. The summed E-state index contributed by atoms with van der Waals surface area (Å²) in [7, 11) is 1.97. The molecule has 2 fully saturated rings. The normalized spacial score (nSPS) is 28.4. The summed E-state index contributed by atoms with van der Waals surface area (Å²) in [6, 6.07) is 0. The number of carbonyl (C=O) groups excluding carboxylic acids is 1. The smallest absolute Gasteiger partial charge is 0.225 e. The van der Waals surface area contributed by atoms with E-state index < -0.39 is 0 Å². The first-order valence-corrected chi connectivity index (χ1v) is 9.98. The molecule has 0 unspecified atom stereocenters. The van der Waals surface area contributed by atoms with Crippen LogP contribution in [0.2, 0.25) is 0 Å². The van der Waals surface area contributed by atoms with Crippen molar-refractivity contribution in [3.05, 3.63) is 35.7 Å². The number of ether oxygens (including phenoxy) is 1. The summed E-state index contributed by atoms with van der Waals surface area (Å²) in [5.74, 6) is 1.67. The Labute approximate surface area is 164 Å². The zero-order valence-corrected chi connectivity index (χ0v) is 16.4. The number of imidazole rings is 1. The molecule has 2 aliphatic heterocycles. The number of nitrogens with one attached hydrogen (secondary N) is 1. The molecular formula is C20H26N6O2. The van der Waals surface area contributed by atoms with E-state index in [9.17, 15) is 4.79 Å². The van der Waals surface area contributed by atoms with Gasteiger partial charge in [0, 0.05) is 44.0 Å². The zero-order chi connectivity index (χ0) is 19.3. The van der Waals surface area contributed by atoms with Crippen LogP contribution in [-0.2, 0) is 35.1 Å². The number of hydrogen-bond acceptors (Lipinski definition) is 6. The van der Waals surface area contributed by atoms with Crippen molar-refractivity contribution >= 4 is 11.9 Å². The van der Waals surface area contributed by atoms with Crippen LogP contribution in [-0.4, -0.2) is 50.0 Å². The van der Waals surface area contributed by atoms with Crippen LogP contribution in [0.4, 0.5) is 5.95 Å². The van der Waals surface area contributed by atoms with Gasteiger partial charge in [-0.25, -0.2) is 15.0 Å². The van der Waals surface area contributed by atoms with E-state index in [1.165, 1.54) is 0 Å². The quantitative estimate of drug-likeness (QED) is 0.862. The van der Waals surface area contributed by atoms with Gasteiger partial charge in [-0.1, -0.05) is 6.92 Å². The van der Waals surface area contributed by atoms with Crippen molar-refractivity contribution in [3.8, 4) is 0 Å². The van der Waals surface area contributed by atoms with Gasteiger partial charge in [0.25, 0.3) is 0 Å². The van der Waals surface area contributed by atoms with Crippen LogP contribution in [0.5, 0.6) is 0 Å². The first kappa shape index (κ1) is 17.6. The molecule has 2 aromatic rings. The lowest BCUT2D eigenvalue weighted by molar-refractivity contribution is -0.132. The number of amides is 1. The molecule has 0 bridgehead atoms. The fourth-order valence-corrected chi connectivity index (χ4v) is 4.48. The Morgan fingerprint density at radius 1 is 1.43 bits per heavy atom. The Morgan fingerprint density at radius 2 is 2.29 bits per heavy atom. The molecule has 0 radical (unpaired) electrons. The molecule has 1 saturated carbocycles. The molecule has 1 N–H and O–H groups in total. The minimum Gasteiger partial charge on any atom is -0.376 e. The van der Waals surface area contributed by atoms with Gasteiger partial charge in [0.05, 0.1) is 42.9 Å². The highest BCUT2D eigenvalue weighted by atomic mass is 16.5. The summed E-state index contributed by atoms with van der Waals surface area (Å²) in [6.45, 7) is 5.39. The van der Waals surface area contributed by atoms with E-state index in [1.54, 1.807) is 6.33 Å². The Balaban J connectivity index is 1.36. The fraction of sp³-hybridized carbons (Fsp3) is 0.600. The molecule has 3 aliphatic rings. The lowest BCUT2D eigenvalue weighted by Gasteiger charge is -2.34. The van der Waals surface area contributed by atoms with Crippen LogP contribution in [0.1, 0.15) is 36.7 Å². The van der Waals surface area contributed by atoms with Crippen LogP contribution in [0.15, 0.2) is 18.7 Å². The summed E-state index contributed by atoms with van der Waals surface area (Å²) in [4.78, 5) is 28.2. The molecule has 1 saturated heterocycles. The molecular weight excluding hydrogens is 356 g/mol. The molecule has 1 amide bonds. The number of rotatable bonds is 4. The second kappa shape index (κ2) is 6.55. The van der Waals surface area contributed by atoms with Gasteiger partial charge in [-0.15, -0.1) is 0 Å². The predicted molar refractivity (Wildman–Crippen MR) is 102 cm³/mol. The molecule has 1 spiro atoms. The van der Waals surface area contributed by atoms with Gasteiger partial charge in [0.15, 0.2) is 0 Å². The maximum atomic E-state index is 12.7. The molecule has 4 heterocycles. The lowest BCUT2D eigenvalue weighted by Crippen LogP contribution is -2.42. The summed E-state index contributed by atoms with van der Waals surface area (Å²) in [5, 5.41) is 3.31. The number of aromatic nitrogens is 4. The van der Waals surface area contributed by atoms with Gasteiger partial charge in [-0.2, -0.15) is 0 Å². The van der Waals surface area contributed by atoms with Crippen molar-refractivity contribution in [1.29, 1.82) is 0 Å². The molecule has 5 rings (SSSR count). The second-order valence-corrected chi connectivity index (χ2v) is 8.52. The number of anilines is 1. The Bertz CT molecular complexity index is 912. The summed E-state index contributed by atoms with van der Waals surface area (Å²) in [6.07, 6.45) is 7.40. The Kier molecular flexibility index (Phi) is 4.12. The zero-order valence-electron chi connectivity index (χ0n) is 16.4. The highest BCUT2D eigenvalue weighted by Gasteiger charge is 2.49. The lowest BCUT2D eigenvalue weighted by atomic mass is 9.80. The second-order valence-electron chi connectivity index (χ2n) is 8.52. The molecule has 2 aromatic heterocycles. The monoisotopic (exact) mass is 382 g/mol. The van der Waals surface area contributed by atoms with E-state index in [0.29, 0.717) is 44.1 Å². The largest absolute Gasteiger partial charge is 0.376 e. The minimum absolute atomic E-state index is 0.215. The number of carbonyl (C=O) groups is 1. The van der Waals surface area contributed by atoms with E-state index >= 15 is 0 Å². The average Bonchev–Trinajstić information content (AvgIpc) is 3.08. The first-order chi connectivity index (χ1) is 13.6. The third-order valence-electron chi connectivity index (χ3n) is 6.44. The summed E-state index contributed by atoms with van der Waals surface area (Å²) >= 11 is 0. The molecule has 8 nitrogen and oxygen atoms in total. The van der Waals surface area contributed by atoms with Crippen molar-refractivity contribution < 1.29 is 9.53 Å². The summed E-state index contributed by atoms with van der Waals surface area (Å²) in [5.41, 5.74) is 2.93. The fourth-order valence-electron chi connectivity index (χ4n) is 4.48. The number of fused-ring (bicyclic) bond motifs is 2. The predicted octanol–water partition coefficient (Wildman–Crippen LogP) is 1.48. The van der Waals surface area contributed by atoms with Crippen molar-refractivity contribution in [1.82, 2.24) is 24.4 Å². The Hall–Kier alpha value is -2.48.